The van der Waals surface area contributed by atoms with Crippen molar-refractivity contribution in [2.24, 2.45) is 0 Å². The van der Waals surface area contributed by atoms with E-state index < -0.39 is 0 Å². The second-order valence-electron chi connectivity index (χ2n) is 5.52. The Bertz CT molecular complexity index is 307. The van der Waals surface area contributed by atoms with Crippen LogP contribution >= 0.6 is 0 Å². The van der Waals surface area contributed by atoms with Gasteiger partial charge in [0.05, 0.1) is 17.8 Å². The number of hydrogen-bond donors (Lipinski definition) is 0. The molecule has 0 aliphatic carbocycles. The normalized spacial score (nSPS) is 21.5. The summed E-state index contributed by atoms with van der Waals surface area (Å²) in [5, 5.41) is 0. The summed E-state index contributed by atoms with van der Waals surface area (Å²) in [5.74, 6) is -0.241. The van der Waals surface area contributed by atoms with Gasteiger partial charge in [0.25, 0.3) is 0 Å². The molecular weight excluding hydrogens is 231 g/mol. The molecule has 0 aromatic heterocycles. The van der Waals surface area contributed by atoms with Crippen LogP contribution in [0.25, 0.3) is 0 Å². The second kappa shape index (κ2) is 5.89. The highest BCUT2D eigenvalue weighted by Crippen LogP contribution is 2.37. The van der Waals surface area contributed by atoms with Gasteiger partial charge in [0.2, 0.25) is 0 Å². The van der Waals surface area contributed by atoms with Gasteiger partial charge in [-0.2, -0.15) is 0 Å². The molecule has 0 N–H and O–H groups in total. The highest BCUT2D eigenvalue weighted by atomic mass is 16.7. The van der Waals surface area contributed by atoms with Crippen molar-refractivity contribution in [3.05, 3.63) is 12.2 Å². The van der Waals surface area contributed by atoms with E-state index in [4.69, 9.17) is 14.0 Å². The lowest BCUT2D eigenvalue weighted by molar-refractivity contribution is -0.140. The molecule has 0 atom stereocenters. The fourth-order valence-electron chi connectivity index (χ4n) is 1.66. The molecule has 0 saturated carbocycles. The van der Waals surface area contributed by atoms with E-state index >= 15 is 0 Å². The van der Waals surface area contributed by atoms with Crippen LogP contribution < -0.4 is 0 Å². The number of esters is 1. The third kappa shape index (κ3) is 4.14. The Kier molecular flexibility index (Phi) is 4.99. The molecule has 1 fully saturated rings. The maximum Gasteiger partial charge on any atom is 0.461 e. The van der Waals surface area contributed by atoms with E-state index in [0.29, 0.717) is 12.9 Å². The molecule has 5 heteroatoms. The summed E-state index contributed by atoms with van der Waals surface area (Å²) >= 11 is 0. The lowest BCUT2D eigenvalue weighted by atomic mass is 9.85. The van der Waals surface area contributed by atoms with Gasteiger partial charge in [-0.15, -0.1) is 0 Å². The van der Waals surface area contributed by atoms with Crippen LogP contribution in [0.1, 0.15) is 41.0 Å². The summed E-state index contributed by atoms with van der Waals surface area (Å²) in [5.41, 5.74) is -0.549. The fraction of sp³-hybridized carbons (Fsp3) is 0.769. The highest BCUT2D eigenvalue weighted by molar-refractivity contribution is 6.46. The molecular formula is C13H23BO4. The van der Waals surface area contributed by atoms with Crippen molar-refractivity contribution in [3.8, 4) is 0 Å². The molecule has 1 aliphatic heterocycles. The van der Waals surface area contributed by atoms with Gasteiger partial charge < -0.3 is 14.0 Å². The van der Waals surface area contributed by atoms with Gasteiger partial charge in [-0.25, -0.2) is 0 Å². The van der Waals surface area contributed by atoms with Gasteiger partial charge in [0.1, 0.15) is 0 Å². The van der Waals surface area contributed by atoms with Gasteiger partial charge in [-0.05, 0) is 34.1 Å². The topological polar surface area (TPSA) is 44.8 Å². The molecule has 0 aromatic carbocycles. The Morgan fingerprint density at radius 3 is 2.22 bits per heavy atom. The zero-order valence-electron chi connectivity index (χ0n) is 12.0. The summed E-state index contributed by atoms with van der Waals surface area (Å²) < 4.78 is 16.5. The number of hydrogen-bond acceptors (Lipinski definition) is 4. The standard InChI is InChI=1S/C13H23BO4/c1-11(15)16-10-8-6-7-9-14-17-12(2,3)13(4,5)18-14/h6-7H,8-10H2,1-5H3/b7-6+. The van der Waals surface area contributed by atoms with E-state index in [2.05, 4.69) is 0 Å². The maximum absolute atomic E-state index is 10.5. The minimum Gasteiger partial charge on any atom is -0.466 e. The molecule has 102 valence electrons. The summed E-state index contributed by atoms with van der Waals surface area (Å²) in [6, 6.07) is 0. The summed E-state index contributed by atoms with van der Waals surface area (Å²) in [4.78, 5) is 10.5. The molecule has 1 heterocycles. The molecule has 0 aromatic rings. The van der Waals surface area contributed by atoms with Crippen LogP contribution in [0.3, 0.4) is 0 Å². The van der Waals surface area contributed by atoms with Crippen LogP contribution in [-0.4, -0.2) is 30.9 Å². The summed E-state index contributed by atoms with van der Waals surface area (Å²) in [6.07, 6.45) is 5.42. The van der Waals surface area contributed by atoms with Crippen molar-refractivity contribution < 1.29 is 18.8 Å². The van der Waals surface area contributed by atoms with Gasteiger partial charge in [-0.1, -0.05) is 12.2 Å². The van der Waals surface area contributed by atoms with Crippen molar-refractivity contribution in [2.45, 2.75) is 58.6 Å². The van der Waals surface area contributed by atoms with Crippen LogP contribution in [0.15, 0.2) is 12.2 Å². The number of carbonyl (C=O) groups is 1. The zero-order chi connectivity index (χ0) is 13.8. The highest BCUT2D eigenvalue weighted by Gasteiger charge is 2.50. The van der Waals surface area contributed by atoms with Crippen LogP contribution in [0.4, 0.5) is 0 Å². The largest absolute Gasteiger partial charge is 0.466 e. The molecule has 18 heavy (non-hydrogen) atoms. The monoisotopic (exact) mass is 254 g/mol. The fourth-order valence-corrected chi connectivity index (χ4v) is 1.66. The first-order chi connectivity index (χ1) is 8.24. The Hall–Kier alpha value is -0.805. The van der Waals surface area contributed by atoms with E-state index in [1.165, 1.54) is 6.92 Å². The van der Waals surface area contributed by atoms with E-state index in [9.17, 15) is 4.79 Å². The second-order valence-corrected chi connectivity index (χ2v) is 5.52. The predicted octanol–water partition coefficient (Wildman–Crippen LogP) is 2.59. The molecule has 0 spiro atoms. The molecule has 1 saturated heterocycles. The predicted molar refractivity (Wildman–Crippen MR) is 71.3 cm³/mol. The third-order valence-corrected chi connectivity index (χ3v) is 3.39. The molecule has 0 bridgehead atoms. The summed E-state index contributed by atoms with van der Waals surface area (Å²) in [6.45, 7) is 9.99. The first-order valence-corrected chi connectivity index (χ1v) is 6.38. The van der Waals surface area contributed by atoms with Crippen molar-refractivity contribution in [1.29, 1.82) is 0 Å². The van der Waals surface area contributed by atoms with Gasteiger partial charge in [0.15, 0.2) is 0 Å². The van der Waals surface area contributed by atoms with E-state index in [-0.39, 0.29) is 24.3 Å². The summed E-state index contributed by atoms with van der Waals surface area (Å²) in [7, 11) is -0.194. The van der Waals surface area contributed by atoms with Gasteiger partial charge in [0, 0.05) is 13.2 Å². The molecule has 0 radical (unpaired) electrons. The SMILES string of the molecule is CC(=O)OCC/C=C/CB1OC(C)(C)C(C)(C)O1. The van der Waals surface area contributed by atoms with E-state index in [1.54, 1.807) is 0 Å². The molecule has 0 unspecified atom stereocenters. The minimum atomic E-state index is -0.275. The molecule has 0 amide bonds. The van der Waals surface area contributed by atoms with Crippen molar-refractivity contribution in [1.82, 2.24) is 0 Å². The minimum absolute atomic E-state index is 0.194. The number of ether oxygens (including phenoxy) is 1. The Labute approximate surface area is 110 Å². The zero-order valence-corrected chi connectivity index (χ0v) is 12.0. The van der Waals surface area contributed by atoms with Crippen molar-refractivity contribution in [2.75, 3.05) is 6.61 Å². The van der Waals surface area contributed by atoms with Gasteiger partial charge >= 0.3 is 13.1 Å². The Morgan fingerprint density at radius 2 is 1.72 bits per heavy atom. The van der Waals surface area contributed by atoms with E-state index in [0.717, 1.165) is 6.42 Å². The van der Waals surface area contributed by atoms with Crippen LogP contribution in [-0.2, 0) is 18.8 Å². The van der Waals surface area contributed by atoms with Gasteiger partial charge in [-0.3, -0.25) is 4.79 Å². The molecule has 4 nitrogen and oxygen atoms in total. The lowest BCUT2D eigenvalue weighted by Gasteiger charge is -2.32. The van der Waals surface area contributed by atoms with Crippen LogP contribution in [0.5, 0.6) is 0 Å². The Morgan fingerprint density at radius 1 is 1.17 bits per heavy atom. The third-order valence-electron chi connectivity index (χ3n) is 3.39. The average Bonchev–Trinajstić information content (AvgIpc) is 2.40. The van der Waals surface area contributed by atoms with Crippen molar-refractivity contribution in [3.63, 3.8) is 0 Å². The first kappa shape index (κ1) is 15.3. The molecule has 1 rings (SSSR count). The van der Waals surface area contributed by atoms with Crippen molar-refractivity contribution >= 4 is 13.1 Å². The number of allylic oxidation sites excluding steroid dienone is 1. The smallest absolute Gasteiger partial charge is 0.461 e. The average molecular weight is 254 g/mol. The molecule has 1 aliphatic rings. The quantitative estimate of drug-likeness (QED) is 0.327. The first-order valence-electron chi connectivity index (χ1n) is 6.38. The van der Waals surface area contributed by atoms with Crippen LogP contribution in [0.2, 0.25) is 6.32 Å². The van der Waals surface area contributed by atoms with E-state index in [1.807, 2.05) is 39.8 Å². The Balaban J connectivity index is 2.25. The maximum atomic E-state index is 10.5. The number of rotatable bonds is 5. The number of carbonyl (C=O) groups excluding carboxylic acids is 1. The lowest BCUT2D eigenvalue weighted by Crippen LogP contribution is -2.41. The van der Waals surface area contributed by atoms with Crippen LogP contribution in [0, 0.1) is 0 Å².